The second-order valence-electron chi connectivity index (χ2n) is 10.2. The largest absolute Gasteiger partial charge is 0.457 e. The molecule has 3 aromatic rings. The molecule has 2 N–H and O–H groups in total. The zero-order chi connectivity index (χ0) is 27.7. The molecule has 3 heterocycles. The molecule has 9 heteroatoms. The number of hydrogen-bond acceptors (Lipinski definition) is 8. The summed E-state index contributed by atoms with van der Waals surface area (Å²) in [7, 11) is 2.13. The van der Waals surface area contributed by atoms with Crippen LogP contribution < -0.4 is 10.1 Å². The van der Waals surface area contributed by atoms with Crippen molar-refractivity contribution < 1.29 is 9.53 Å². The van der Waals surface area contributed by atoms with Crippen LogP contribution in [-0.4, -0.2) is 95.2 Å². The van der Waals surface area contributed by atoms with Crippen LogP contribution in [0.3, 0.4) is 0 Å². The number of anilines is 1. The zero-order valence-electron chi connectivity index (χ0n) is 22.8. The van der Waals surface area contributed by atoms with E-state index in [4.69, 9.17) is 10.1 Å². The number of para-hydroxylation sites is 1. The Morgan fingerprint density at radius 1 is 1.00 bits per heavy atom. The van der Waals surface area contributed by atoms with Crippen molar-refractivity contribution in [3.05, 3.63) is 78.2 Å². The Kier molecular flexibility index (Phi) is 9.01. The Morgan fingerprint density at radius 3 is 2.42 bits per heavy atom. The topological polar surface area (TPSA) is 97.7 Å². The first kappa shape index (κ1) is 27.3. The predicted molar refractivity (Wildman–Crippen MR) is 156 cm³/mol. The summed E-state index contributed by atoms with van der Waals surface area (Å²) in [6.07, 6.45) is 4.73. The lowest BCUT2D eigenvalue weighted by Crippen LogP contribution is -2.44. The number of nitrogens with one attached hydrogen (secondary N) is 2. The van der Waals surface area contributed by atoms with Crippen molar-refractivity contribution in [3.63, 3.8) is 0 Å². The second kappa shape index (κ2) is 13.2. The van der Waals surface area contributed by atoms with Crippen LogP contribution in [0.15, 0.2) is 67.1 Å². The SMILES string of the molecule is CN1CCN(CC#CC(=O)N2CCC(Nc3ncncc3C(=N)c3ccc(Oc4ccccc4)cc3)CC2)CC1. The minimum Gasteiger partial charge on any atom is -0.457 e. The van der Waals surface area contributed by atoms with Gasteiger partial charge in [-0.05, 0) is 62.2 Å². The Balaban J connectivity index is 1.13. The fourth-order valence-electron chi connectivity index (χ4n) is 4.83. The molecule has 0 atom stereocenters. The number of carbonyl (C=O) groups excluding carboxylic acids is 1. The molecular formula is C31H35N7O2. The number of carbonyl (C=O) groups is 1. The van der Waals surface area contributed by atoms with Crippen molar-refractivity contribution in [2.75, 3.05) is 58.2 Å². The maximum Gasteiger partial charge on any atom is 0.298 e. The standard InChI is InChI=1S/C31H35N7O2/c1-36-18-20-37(21-19-36)15-5-8-29(39)38-16-13-25(14-17-38)35-31-28(22-33-23-34-31)30(32)24-9-11-27(12-10-24)40-26-6-3-2-4-7-26/h2-4,6-7,9-12,22-23,25,32H,13-21H2,1H3,(H,33,34,35). The third-order valence-corrected chi connectivity index (χ3v) is 7.32. The van der Waals surface area contributed by atoms with Crippen molar-refractivity contribution in [1.29, 1.82) is 5.41 Å². The highest BCUT2D eigenvalue weighted by atomic mass is 16.5. The van der Waals surface area contributed by atoms with Gasteiger partial charge < -0.3 is 19.9 Å². The summed E-state index contributed by atoms with van der Waals surface area (Å²) in [5, 5.41) is 12.3. The summed E-state index contributed by atoms with van der Waals surface area (Å²) in [5.41, 5.74) is 1.71. The average molecular weight is 538 g/mol. The molecule has 2 aromatic carbocycles. The first-order valence-electron chi connectivity index (χ1n) is 13.7. The van der Waals surface area contributed by atoms with Crippen LogP contribution in [0, 0.1) is 17.3 Å². The molecule has 1 amide bonds. The fraction of sp³-hybridized carbons (Fsp3) is 0.355. The number of amides is 1. The van der Waals surface area contributed by atoms with Gasteiger partial charge in [-0.3, -0.25) is 15.1 Å². The number of rotatable bonds is 7. The van der Waals surface area contributed by atoms with E-state index >= 15 is 0 Å². The average Bonchev–Trinajstić information content (AvgIpc) is 2.99. The molecule has 0 saturated carbocycles. The van der Waals surface area contributed by atoms with Crippen molar-refractivity contribution in [3.8, 4) is 23.3 Å². The lowest BCUT2D eigenvalue weighted by molar-refractivity contribution is -0.126. The molecule has 2 aliphatic rings. The Labute approximate surface area is 235 Å². The van der Waals surface area contributed by atoms with Gasteiger partial charge in [0.05, 0.1) is 17.8 Å². The van der Waals surface area contributed by atoms with Crippen LogP contribution in [0.4, 0.5) is 5.82 Å². The number of aromatic nitrogens is 2. The number of likely N-dealkylation sites (tertiary alicyclic amines) is 1. The van der Waals surface area contributed by atoms with E-state index in [-0.39, 0.29) is 11.9 Å². The number of likely N-dealkylation sites (N-methyl/N-ethyl adjacent to an activating group) is 1. The number of benzene rings is 2. The summed E-state index contributed by atoms with van der Waals surface area (Å²) in [6.45, 7) is 5.99. The highest BCUT2D eigenvalue weighted by molar-refractivity contribution is 6.13. The maximum atomic E-state index is 12.6. The van der Waals surface area contributed by atoms with Crippen LogP contribution in [0.25, 0.3) is 0 Å². The Bertz CT molecular complexity index is 1350. The van der Waals surface area contributed by atoms with Gasteiger partial charge in [-0.1, -0.05) is 24.1 Å². The van der Waals surface area contributed by atoms with Gasteiger partial charge in [0.2, 0.25) is 0 Å². The quantitative estimate of drug-likeness (QED) is 0.352. The van der Waals surface area contributed by atoms with Crippen LogP contribution in [0.1, 0.15) is 24.0 Å². The van der Waals surface area contributed by atoms with E-state index in [1.807, 2.05) is 59.5 Å². The molecule has 2 aliphatic heterocycles. The van der Waals surface area contributed by atoms with Gasteiger partial charge in [-0.25, -0.2) is 9.97 Å². The summed E-state index contributed by atoms with van der Waals surface area (Å²) >= 11 is 0. The first-order valence-corrected chi connectivity index (χ1v) is 13.7. The Hall–Kier alpha value is -4.26. The molecule has 206 valence electrons. The van der Waals surface area contributed by atoms with Gasteiger partial charge in [0.1, 0.15) is 23.6 Å². The van der Waals surface area contributed by atoms with Gasteiger partial charge in [-0.15, -0.1) is 0 Å². The molecule has 5 rings (SSSR count). The van der Waals surface area contributed by atoms with Crippen molar-refractivity contribution in [2.24, 2.45) is 0 Å². The predicted octanol–water partition coefficient (Wildman–Crippen LogP) is 3.34. The molecule has 0 aliphatic carbocycles. The third-order valence-electron chi connectivity index (χ3n) is 7.32. The fourth-order valence-corrected chi connectivity index (χ4v) is 4.83. The molecule has 0 spiro atoms. The van der Waals surface area contributed by atoms with Gasteiger partial charge in [-0.2, -0.15) is 0 Å². The van der Waals surface area contributed by atoms with Gasteiger partial charge in [0.15, 0.2) is 0 Å². The summed E-state index contributed by atoms with van der Waals surface area (Å²) in [6, 6.07) is 17.2. The smallest absolute Gasteiger partial charge is 0.298 e. The van der Waals surface area contributed by atoms with E-state index in [0.717, 1.165) is 50.3 Å². The lowest BCUT2D eigenvalue weighted by atomic mass is 10.0. The molecular weight excluding hydrogens is 502 g/mol. The van der Waals surface area contributed by atoms with Crippen molar-refractivity contribution >= 4 is 17.4 Å². The van der Waals surface area contributed by atoms with Crippen LogP contribution in [0.2, 0.25) is 0 Å². The molecule has 0 radical (unpaired) electrons. The summed E-state index contributed by atoms with van der Waals surface area (Å²) in [5.74, 6) is 7.90. The minimum atomic E-state index is -0.100. The van der Waals surface area contributed by atoms with Crippen LogP contribution >= 0.6 is 0 Å². The number of nitrogens with zero attached hydrogens (tertiary/aromatic N) is 5. The zero-order valence-corrected chi connectivity index (χ0v) is 22.8. The van der Waals surface area contributed by atoms with E-state index in [0.29, 0.717) is 42.5 Å². The molecule has 2 saturated heterocycles. The van der Waals surface area contributed by atoms with Gasteiger partial charge in [0.25, 0.3) is 5.91 Å². The van der Waals surface area contributed by atoms with E-state index in [9.17, 15) is 4.79 Å². The Morgan fingerprint density at radius 2 is 1.70 bits per heavy atom. The monoisotopic (exact) mass is 537 g/mol. The molecule has 0 unspecified atom stereocenters. The minimum absolute atomic E-state index is 0.100. The highest BCUT2D eigenvalue weighted by Gasteiger charge is 2.23. The number of piperazine rings is 1. The van der Waals surface area contributed by atoms with Gasteiger partial charge in [0, 0.05) is 57.1 Å². The molecule has 2 fully saturated rings. The molecule has 1 aromatic heterocycles. The maximum absolute atomic E-state index is 12.6. The van der Waals surface area contributed by atoms with Crippen molar-refractivity contribution in [1.82, 2.24) is 24.7 Å². The van der Waals surface area contributed by atoms with Crippen LogP contribution in [0.5, 0.6) is 11.5 Å². The molecule has 40 heavy (non-hydrogen) atoms. The van der Waals surface area contributed by atoms with E-state index in [2.05, 4.69) is 44.0 Å². The van der Waals surface area contributed by atoms with Gasteiger partial charge >= 0.3 is 0 Å². The summed E-state index contributed by atoms with van der Waals surface area (Å²) in [4.78, 5) is 27.7. The van der Waals surface area contributed by atoms with E-state index in [1.165, 1.54) is 6.33 Å². The third kappa shape index (κ3) is 7.23. The highest BCUT2D eigenvalue weighted by Crippen LogP contribution is 2.24. The second-order valence-corrected chi connectivity index (χ2v) is 10.2. The molecule has 9 nitrogen and oxygen atoms in total. The summed E-state index contributed by atoms with van der Waals surface area (Å²) < 4.78 is 5.87. The normalized spacial score (nSPS) is 16.6. The molecule has 0 bridgehead atoms. The number of ether oxygens (including phenoxy) is 1. The van der Waals surface area contributed by atoms with E-state index < -0.39 is 0 Å². The van der Waals surface area contributed by atoms with Crippen molar-refractivity contribution in [2.45, 2.75) is 18.9 Å². The lowest BCUT2D eigenvalue weighted by Gasteiger charge is -2.32. The van der Waals surface area contributed by atoms with E-state index in [1.54, 1.807) is 6.20 Å². The first-order chi connectivity index (χ1) is 19.5. The number of piperidine rings is 1. The number of hydrogen-bond donors (Lipinski definition) is 2. The van der Waals surface area contributed by atoms with Crippen LogP contribution in [-0.2, 0) is 4.79 Å².